The first-order chi connectivity index (χ1) is 32.3. The van der Waals surface area contributed by atoms with Crippen LogP contribution in [0, 0.1) is 0 Å². The van der Waals surface area contributed by atoms with Crippen LogP contribution in [0.25, 0.3) is 0 Å². The summed E-state index contributed by atoms with van der Waals surface area (Å²) in [4.78, 5) is 13.0. The Morgan fingerprint density at radius 3 is 1.18 bits per heavy atom. The summed E-state index contributed by atoms with van der Waals surface area (Å²) in [5, 5.41) is 54.4. The molecule has 0 spiro atoms. The van der Waals surface area contributed by atoms with Crippen molar-refractivity contribution in [3.05, 3.63) is 12.2 Å². The molecule has 1 rings (SSSR count). The van der Waals surface area contributed by atoms with Gasteiger partial charge < -0.3 is 40.3 Å². The Morgan fingerprint density at radius 1 is 0.500 bits per heavy atom. The van der Waals surface area contributed by atoms with Gasteiger partial charge in [0.25, 0.3) is 0 Å². The van der Waals surface area contributed by atoms with Gasteiger partial charge in [-0.05, 0) is 19.3 Å². The molecular weight excluding hydrogens is 827 g/mol. The predicted molar refractivity (Wildman–Crippen MR) is 277 cm³/mol. The summed E-state index contributed by atoms with van der Waals surface area (Å²) in [5.41, 5.74) is 0. The molecule has 1 fully saturated rings. The first-order valence-electron chi connectivity index (χ1n) is 28.9. The molecule has 1 heterocycles. The summed E-state index contributed by atoms with van der Waals surface area (Å²) in [7, 11) is 0. The van der Waals surface area contributed by atoms with Crippen LogP contribution in [0.1, 0.15) is 290 Å². The van der Waals surface area contributed by atoms with Gasteiger partial charge in [-0.25, -0.2) is 0 Å². The molecule has 9 heteroatoms. The second kappa shape index (κ2) is 47.6. The van der Waals surface area contributed by atoms with Gasteiger partial charge in [-0.15, -0.1) is 0 Å². The maximum atomic E-state index is 13.0. The predicted octanol–water partition coefficient (Wildman–Crippen LogP) is 14.0. The van der Waals surface area contributed by atoms with E-state index >= 15 is 0 Å². The van der Waals surface area contributed by atoms with Crippen molar-refractivity contribution in [2.75, 3.05) is 13.2 Å². The third kappa shape index (κ3) is 36.9. The molecule has 1 aliphatic rings. The van der Waals surface area contributed by atoms with Crippen LogP contribution in [-0.4, -0.2) is 87.5 Å². The van der Waals surface area contributed by atoms with Crippen molar-refractivity contribution in [1.82, 2.24) is 5.32 Å². The van der Waals surface area contributed by atoms with Gasteiger partial charge in [0.1, 0.15) is 24.4 Å². The first kappa shape index (κ1) is 62.9. The van der Waals surface area contributed by atoms with Gasteiger partial charge in [-0.1, -0.05) is 276 Å². The number of amides is 1. The zero-order valence-electron chi connectivity index (χ0n) is 43.5. The number of aliphatic hydroxyl groups excluding tert-OH is 5. The molecule has 9 nitrogen and oxygen atoms in total. The van der Waals surface area contributed by atoms with Gasteiger partial charge in [0.05, 0.1) is 25.4 Å². The Hall–Kier alpha value is -1.07. The van der Waals surface area contributed by atoms with E-state index < -0.39 is 49.5 Å². The molecule has 0 aromatic carbocycles. The summed E-state index contributed by atoms with van der Waals surface area (Å²) in [6.45, 7) is 3.80. The maximum absolute atomic E-state index is 13.0. The van der Waals surface area contributed by atoms with E-state index in [4.69, 9.17) is 9.47 Å². The van der Waals surface area contributed by atoms with E-state index in [1.807, 2.05) is 6.08 Å². The topological polar surface area (TPSA) is 149 Å². The Morgan fingerprint density at radius 2 is 0.833 bits per heavy atom. The van der Waals surface area contributed by atoms with Crippen LogP contribution in [0.5, 0.6) is 0 Å². The lowest BCUT2D eigenvalue weighted by Crippen LogP contribution is -2.60. The molecule has 0 radical (unpaired) electrons. The van der Waals surface area contributed by atoms with Crippen molar-refractivity contribution in [3.63, 3.8) is 0 Å². The van der Waals surface area contributed by atoms with Crippen molar-refractivity contribution >= 4 is 5.91 Å². The number of carbonyl (C=O) groups excluding carboxylic acids is 1. The van der Waals surface area contributed by atoms with E-state index in [2.05, 4.69) is 19.2 Å². The number of hydrogen-bond acceptors (Lipinski definition) is 8. The number of ether oxygens (including phenoxy) is 2. The Labute approximate surface area is 407 Å². The van der Waals surface area contributed by atoms with Crippen LogP contribution in [0.3, 0.4) is 0 Å². The number of rotatable bonds is 50. The average Bonchev–Trinajstić information content (AvgIpc) is 3.32. The van der Waals surface area contributed by atoms with Crippen molar-refractivity contribution in [2.45, 2.75) is 333 Å². The van der Waals surface area contributed by atoms with Crippen LogP contribution in [0.15, 0.2) is 12.2 Å². The molecule has 0 bridgehead atoms. The highest BCUT2D eigenvalue weighted by molar-refractivity contribution is 5.76. The molecule has 1 aliphatic heterocycles. The van der Waals surface area contributed by atoms with E-state index in [1.165, 1.54) is 231 Å². The fraction of sp³-hybridized carbons (Fsp3) is 0.947. The Kier molecular flexibility index (Phi) is 45.4. The lowest BCUT2D eigenvalue weighted by Gasteiger charge is -2.40. The monoisotopic (exact) mass is 938 g/mol. The van der Waals surface area contributed by atoms with E-state index in [0.29, 0.717) is 6.42 Å². The van der Waals surface area contributed by atoms with Crippen molar-refractivity contribution in [2.24, 2.45) is 0 Å². The molecule has 1 amide bonds. The first-order valence-corrected chi connectivity index (χ1v) is 28.9. The molecule has 6 N–H and O–H groups in total. The van der Waals surface area contributed by atoms with Crippen LogP contribution in [0.2, 0.25) is 0 Å². The maximum Gasteiger partial charge on any atom is 0.220 e. The Balaban J connectivity index is 2.12. The standard InChI is InChI=1S/C57H111NO8/c1-3-5-7-9-11-13-15-17-18-19-20-21-22-23-24-25-26-27-28-29-30-31-32-33-35-37-39-41-43-45-47-53(61)58-50(49-65-57-56(64)55(63)54(62)52(48-59)66-57)51(60)46-44-42-40-38-36-34-16-14-12-10-8-6-4-2/h44,46,50-52,54-57,59-60,62-64H,3-43,45,47-49H2,1-2H3,(H,58,61)/b46-44+/t50-,51+,52+,54-,55?,56?,57+/m0/s1. The van der Waals surface area contributed by atoms with E-state index in [-0.39, 0.29) is 12.5 Å². The molecular formula is C57H111NO8. The fourth-order valence-electron chi connectivity index (χ4n) is 9.51. The van der Waals surface area contributed by atoms with Gasteiger partial charge >= 0.3 is 0 Å². The van der Waals surface area contributed by atoms with Crippen LogP contribution in [0.4, 0.5) is 0 Å². The number of hydrogen-bond donors (Lipinski definition) is 6. The van der Waals surface area contributed by atoms with Gasteiger partial charge in [-0.3, -0.25) is 4.79 Å². The minimum atomic E-state index is -1.56. The summed E-state index contributed by atoms with van der Waals surface area (Å²) in [6.07, 6.45) is 51.5. The molecule has 0 aromatic rings. The quantitative estimate of drug-likeness (QED) is 0.0261. The zero-order chi connectivity index (χ0) is 48.0. The average molecular weight is 939 g/mol. The van der Waals surface area contributed by atoms with Crippen LogP contribution >= 0.6 is 0 Å². The molecule has 392 valence electrons. The van der Waals surface area contributed by atoms with Gasteiger partial charge in [0.15, 0.2) is 6.29 Å². The second-order valence-corrected chi connectivity index (χ2v) is 20.5. The number of unbranched alkanes of at least 4 members (excludes halogenated alkanes) is 40. The summed E-state index contributed by atoms with van der Waals surface area (Å²) in [6, 6.07) is -0.799. The van der Waals surface area contributed by atoms with Crippen molar-refractivity contribution < 1.29 is 39.8 Å². The van der Waals surface area contributed by atoms with Gasteiger partial charge in [0, 0.05) is 6.42 Å². The smallest absolute Gasteiger partial charge is 0.220 e. The molecule has 7 atom stereocenters. The van der Waals surface area contributed by atoms with E-state index in [0.717, 1.165) is 38.5 Å². The lowest BCUT2D eigenvalue weighted by atomic mass is 9.99. The lowest BCUT2D eigenvalue weighted by molar-refractivity contribution is -0.302. The number of carbonyl (C=O) groups is 1. The normalized spacial score (nSPS) is 19.8. The SMILES string of the molecule is CCCCCCCCCCCCC/C=C/[C@@H](O)[C@H](CO[C@@H]1O[C@H](CO)[C@H](O)C(O)C1O)NC(=O)CCCCCCCCCCCCCCCCCCCCCCCCCCCCCCCC. The molecule has 0 saturated carbocycles. The molecule has 0 aromatic heterocycles. The highest BCUT2D eigenvalue weighted by Crippen LogP contribution is 2.23. The van der Waals surface area contributed by atoms with Crippen molar-refractivity contribution in [3.8, 4) is 0 Å². The fourth-order valence-corrected chi connectivity index (χ4v) is 9.51. The van der Waals surface area contributed by atoms with Crippen LogP contribution in [-0.2, 0) is 14.3 Å². The van der Waals surface area contributed by atoms with Gasteiger partial charge in [-0.2, -0.15) is 0 Å². The minimum absolute atomic E-state index is 0.171. The summed E-state index contributed by atoms with van der Waals surface area (Å²) < 4.78 is 11.2. The number of nitrogens with one attached hydrogen (secondary N) is 1. The van der Waals surface area contributed by atoms with Gasteiger partial charge in [0.2, 0.25) is 5.91 Å². The van der Waals surface area contributed by atoms with E-state index in [9.17, 15) is 30.3 Å². The molecule has 1 saturated heterocycles. The number of aliphatic hydroxyl groups is 5. The molecule has 2 unspecified atom stereocenters. The number of allylic oxidation sites excluding steroid dienone is 1. The second-order valence-electron chi connectivity index (χ2n) is 20.5. The molecule has 0 aliphatic carbocycles. The highest BCUT2D eigenvalue weighted by atomic mass is 16.7. The summed E-state index contributed by atoms with van der Waals surface area (Å²) in [5.74, 6) is -0.171. The summed E-state index contributed by atoms with van der Waals surface area (Å²) >= 11 is 0. The van der Waals surface area contributed by atoms with Crippen molar-refractivity contribution in [1.29, 1.82) is 0 Å². The largest absolute Gasteiger partial charge is 0.394 e. The zero-order valence-corrected chi connectivity index (χ0v) is 43.5. The molecule has 66 heavy (non-hydrogen) atoms. The Bertz CT molecular complexity index is 1040. The highest BCUT2D eigenvalue weighted by Gasteiger charge is 2.44. The third-order valence-corrected chi connectivity index (χ3v) is 14.1. The van der Waals surface area contributed by atoms with Crippen LogP contribution < -0.4 is 5.32 Å². The minimum Gasteiger partial charge on any atom is -0.394 e. The third-order valence-electron chi connectivity index (χ3n) is 14.1. The van der Waals surface area contributed by atoms with E-state index in [1.54, 1.807) is 6.08 Å².